The molecule has 0 radical (unpaired) electrons. The molecule has 8 heteroatoms. The minimum atomic E-state index is -0.241. The van der Waals surface area contributed by atoms with Crippen molar-refractivity contribution < 1.29 is 9.18 Å². The number of hydrogen-bond acceptors (Lipinski definition) is 5. The van der Waals surface area contributed by atoms with E-state index in [-0.39, 0.29) is 18.3 Å². The molecule has 5 rings (SSSR count). The first-order chi connectivity index (χ1) is 17.4. The number of aromatic nitrogens is 4. The van der Waals surface area contributed by atoms with E-state index in [1.165, 1.54) is 11.6 Å². The summed E-state index contributed by atoms with van der Waals surface area (Å²) in [4.78, 5) is 26.9. The van der Waals surface area contributed by atoms with Gasteiger partial charge in [0.15, 0.2) is 5.82 Å². The fourth-order valence-corrected chi connectivity index (χ4v) is 5.30. The third kappa shape index (κ3) is 5.27. The summed E-state index contributed by atoms with van der Waals surface area (Å²) < 4.78 is 15.7. The number of pyridine rings is 1. The summed E-state index contributed by atoms with van der Waals surface area (Å²) in [6.45, 7) is 9.11. The monoisotopic (exact) mass is 490 g/mol. The summed E-state index contributed by atoms with van der Waals surface area (Å²) in [6, 6.07) is 9.04. The Morgan fingerprint density at radius 3 is 2.47 bits per heavy atom. The van der Waals surface area contributed by atoms with Crippen LogP contribution in [0.4, 0.5) is 10.2 Å². The van der Waals surface area contributed by atoms with Gasteiger partial charge in [0.1, 0.15) is 24.0 Å². The molecular formula is C28H35FN6O. The van der Waals surface area contributed by atoms with Gasteiger partial charge in [0.2, 0.25) is 5.91 Å². The molecule has 1 aromatic carbocycles. The fourth-order valence-electron chi connectivity index (χ4n) is 5.30. The van der Waals surface area contributed by atoms with Gasteiger partial charge in [0.25, 0.3) is 0 Å². The van der Waals surface area contributed by atoms with Gasteiger partial charge in [-0.3, -0.25) is 4.79 Å². The van der Waals surface area contributed by atoms with Crippen LogP contribution in [0, 0.1) is 25.6 Å². The predicted molar refractivity (Wildman–Crippen MR) is 138 cm³/mol. The maximum absolute atomic E-state index is 13.9. The molecule has 3 heterocycles. The van der Waals surface area contributed by atoms with Gasteiger partial charge in [-0.1, -0.05) is 19.8 Å². The minimum absolute atomic E-state index is 0.0593. The summed E-state index contributed by atoms with van der Waals surface area (Å²) in [5.74, 6) is 3.24. The maximum atomic E-state index is 13.9. The lowest BCUT2D eigenvalue weighted by Gasteiger charge is -2.35. The number of halogens is 1. The third-order valence-corrected chi connectivity index (χ3v) is 7.64. The molecule has 7 nitrogen and oxygen atoms in total. The summed E-state index contributed by atoms with van der Waals surface area (Å²) in [6.07, 6.45) is 6.26. The normalized spacial score (nSPS) is 20.6. The molecule has 2 aliphatic rings. The Hall–Kier alpha value is -3.29. The third-order valence-electron chi connectivity index (χ3n) is 7.64. The summed E-state index contributed by atoms with van der Waals surface area (Å²) in [7, 11) is 0. The number of hydrogen-bond donors (Lipinski definition) is 0. The first kappa shape index (κ1) is 24.4. The van der Waals surface area contributed by atoms with Crippen molar-refractivity contribution in [2.24, 2.45) is 5.92 Å². The first-order valence-electron chi connectivity index (χ1n) is 13.0. The van der Waals surface area contributed by atoms with Crippen molar-refractivity contribution >= 4 is 11.7 Å². The van der Waals surface area contributed by atoms with E-state index in [0.29, 0.717) is 30.4 Å². The van der Waals surface area contributed by atoms with E-state index in [0.717, 1.165) is 61.9 Å². The molecule has 1 saturated heterocycles. The average Bonchev–Trinajstić information content (AvgIpc) is 3.30. The van der Waals surface area contributed by atoms with E-state index >= 15 is 0 Å². The number of nitrogens with zero attached hydrogens (tertiary/aromatic N) is 6. The highest BCUT2D eigenvalue weighted by molar-refractivity contribution is 5.76. The predicted octanol–water partition coefficient (Wildman–Crippen LogP) is 4.74. The SMILES string of the molecule is Cc1ccnc(N2CCN(C(=O)Cn3nc(-c4ccc(F)c(C)c4)nc3C3CCC(C)CC3)CC2)c1. The summed E-state index contributed by atoms with van der Waals surface area (Å²) >= 11 is 0. The molecule has 0 spiro atoms. The van der Waals surface area contributed by atoms with Gasteiger partial charge in [0, 0.05) is 43.9 Å². The van der Waals surface area contributed by atoms with Crippen molar-refractivity contribution in [1.82, 2.24) is 24.6 Å². The van der Waals surface area contributed by atoms with Crippen molar-refractivity contribution in [3.8, 4) is 11.4 Å². The number of rotatable bonds is 5. The minimum Gasteiger partial charge on any atom is -0.353 e. The van der Waals surface area contributed by atoms with Gasteiger partial charge in [-0.2, -0.15) is 5.10 Å². The molecule has 1 amide bonds. The van der Waals surface area contributed by atoms with Crippen LogP contribution in [0.3, 0.4) is 0 Å². The highest BCUT2D eigenvalue weighted by Crippen LogP contribution is 2.35. The van der Waals surface area contributed by atoms with Gasteiger partial charge in [-0.05, 0) is 74.1 Å². The van der Waals surface area contributed by atoms with Gasteiger partial charge in [-0.15, -0.1) is 0 Å². The number of aryl methyl sites for hydroxylation is 2. The van der Waals surface area contributed by atoms with Crippen LogP contribution in [0.15, 0.2) is 36.5 Å². The van der Waals surface area contributed by atoms with Gasteiger partial charge >= 0.3 is 0 Å². The van der Waals surface area contributed by atoms with Gasteiger partial charge in [0.05, 0.1) is 0 Å². The van der Waals surface area contributed by atoms with E-state index < -0.39 is 0 Å². The van der Waals surface area contributed by atoms with Gasteiger partial charge in [-0.25, -0.2) is 19.0 Å². The van der Waals surface area contributed by atoms with Gasteiger partial charge < -0.3 is 9.80 Å². The highest BCUT2D eigenvalue weighted by atomic mass is 19.1. The molecule has 0 N–H and O–H groups in total. The van der Waals surface area contributed by atoms with E-state index in [4.69, 9.17) is 10.1 Å². The molecule has 190 valence electrons. The Balaban J connectivity index is 1.32. The second-order valence-electron chi connectivity index (χ2n) is 10.4. The summed E-state index contributed by atoms with van der Waals surface area (Å²) in [5, 5.41) is 4.77. The number of carbonyl (C=O) groups is 1. The molecule has 3 aromatic rings. The Bertz CT molecular complexity index is 1220. The molecule has 1 aliphatic heterocycles. The zero-order chi connectivity index (χ0) is 25.2. The van der Waals surface area contributed by atoms with Crippen LogP contribution < -0.4 is 4.90 Å². The van der Waals surface area contributed by atoms with Crippen LogP contribution in [-0.2, 0) is 11.3 Å². The van der Waals surface area contributed by atoms with Crippen molar-refractivity contribution in [1.29, 1.82) is 0 Å². The van der Waals surface area contributed by atoms with Crippen LogP contribution >= 0.6 is 0 Å². The Morgan fingerprint density at radius 1 is 1.03 bits per heavy atom. The number of amides is 1. The second kappa shape index (κ2) is 10.4. The number of piperazine rings is 1. The van der Waals surface area contributed by atoms with E-state index in [1.54, 1.807) is 19.1 Å². The molecule has 0 unspecified atom stereocenters. The van der Waals surface area contributed by atoms with Crippen molar-refractivity contribution in [3.05, 3.63) is 59.3 Å². The average molecular weight is 491 g/mol. The standard InChI is InChI=1S/C28H35FN6O/c1-19-4-6-22(7-5-19)28-31-27(23-8-9-24(29)21(3)17-23)32-35(28)18-26(36)34-14-12-33(13-15-34)25-16-20(2)10-11-30-25/h8-11,16-17,19,22H,4-7,12-15,18H2,1-3H3. The van der Waals surface area contributed by atoms with Crippen LogP contribution in [-0.4, -0.2) is 56.7 Å². The zero-order valence-corrected chi connectivity index (χ0v) is 21.5. The Kier molecular flexibility index (Phi) is 7.03. The number of carbonyl (C=O) groups excluding carboxylic acids is 1. The zero-order valence-electron chi connectivity index (χ0n) is 21.5. The van der Waals surface area contributed by atoms with Crippen molar-refractivity contribution in [2.45, 2.75) is 58.9 Å². The molecule has 2 aromatic heterocycles. The highest BCUT2D eigenvalue weighted by Gasteiger charge is 2.28. The van der Waals surface area contributed by atoms with Crippen molar-refractivity contribution in [3.63, 3.8) is 0 Å². The first-order valence-corrected chi connectivity index (χ1v) is 13.0. The molecule has 1 aliphatic carbocycles. The fraction of sp³-hybridized carbons (Fsp3) is 0.500. The molecule has 2 fully saturated rings. The lowest BCUT2D eigenvalue weighted by atomic mass is 9.82. The van der Waals surface area contributed by atoms with Crippen LogP contribution in [0.25, 0.3) is 11.4 Å². The lowest BCUT2D eigenvalue weighted by molar-refractivity contribution is -0.132. The van der Waals surface area contributed by atoms with E-state index in [2.05, 4.69) is 29.8 Å². The van der Waals surface area contributed by atoms with Crippen LogP contribution in [0.5, 0.6) is 0 Å². The maximum Gasteiger partial charge on any atom is 0.244 e. The van der Waals surface area contributed by atoms with Crippen LogP contribution in [0.2, 0.25) is 0 Å². The number of benzene rings is 1. The lowest BCUT2D eigenvalue weighted by Crippen LogP contribution is -2.50. The molecule has 0 atom stereocenters. The molecule has 36 heavy (non-hydrogen) atoms. The largest absolute Gasteiger partial charge is 0.353 e. The Morgan fingerprint density at radius 2 is 1.78 bits per heavy atom. The Labute approximate surface area is 212 Å². The molecule has 1 saturated carbocycles. The topological polar surface area (TPSA) is 67.2 Å². The second-order valence-corrected chi connectivity index (χ2v) is 10.4. The smallest absolute Gasteiger partial charge is 0.244 e. The molecular weight excluding hydrogens is 455 g/mol. The van der Waals surface area contributed by atoms with Crippen molar-refractivity contribution in [2.75, 3.05) is 31.1 Å². The van der Waals surface area contributed by atoms with E-state index in [1.807, 2.05) is 21.8 Å². The van der Waals surface area contributed by atoms with E-state index in [9.17, 15) is 9.18 Å². The van der Waals surface area contributed by atoms with Crippen LogP contribution in [0.1, 0.15) is 55.5 Å². The summed E-state index contributed by atoms with van der Waals surface area (Å²) in [5.41, 5.74) is 2.53. The molecule has 0 bridgehead atoms. The quantitative estimate of drug-likeness (QED) is 0.517. The number of anilines is 1.